The number of aromatic nitrogens is 5. The first-order valence-electron chi connectivity index (χ1n) is 10.5. The Kier molecular flexibility index (Phi) is 5.17. The summed E-state index contributed by atoms with van der Waals surface area (Å²) in [6.07, 6.45) is 0. The SMILES string of the molecule is Cc1ccc(C)c(NC(=O)CN2CCn3nnc(-c4nc(-c5ccccc5)no4)c3C2=O)c1. The number of nitrogens with one attached hydrogen (secondary N) is 1. The molecule has 0 aliphatic carbocycles. The highest BCUT2D eigenvalue weighted by molar-refractivity contribution is 6.01. The number of hydrogen-bond acceptors (Lipinski definition) is 7. The maximum atomic E-state index is 13.2. The number of carbonyl (C=O) groups is 2. The Balaban J connectivity index is 1.35. The molecule has 0 saturated heterocycles. The smallest absolute Gasteiger partial charge is 0.281 e. The van der Waals surface area contributed by atoms with Crippen molar-refractivity contribution in [3.63, 3.8) is 0 Å². The Morgan fingerprint density at radius 3 is 2.76 bits per heavy atom. The summed E-state index contributed by atoms with van der Waals surface area (Å²) >= 11 is 0. The van der Waals surface area contributed by atoms with Crippen LogP contribution < -0.4 is 5.32 Å². The van der Waals surface area contributed by atoms with Gasteiger partial charge < -0.3 is 14.7 Å². The van der Waals surface area contributed by atoms with E-state index < -0.39 is 0 Å². The minimum Gasteiger partial charge on any atom is -0.332 e. The lowest BCUT2D eigenvalue weighted by Crippen LogP contribution is -2.44. The van der Waals surface area contributed by atoms with Gasteiger partial charge >= 0.3 is 0 Å². The van der Waals surface area contributed by atoms with Gasteiger partial charge in [0.25, 0.3) is 11.8 Å². The zero-order valence-electron chi connectivity index (χ0n) is 18.1. The molecule has 1 aliphatic heterocycles. The number of amides is 2. The Bertz CT molecular complexity index is 1340. The van der Waals surface area contributed by atoms with Crippen LogP contribution in [0.2, 0.25) is 0 Å². The highest BCUT2D eigenvalue weighted by Gasteiger charge is 2.33. The lowest BCUT2D eigenvalue weighted by Gasteiger charge is -2.26. The Hall–Kier alpha value is -4.34. The maximum Gasteiger partial charge on any atom is 0.281 e. The van der Waals surface area contributed by atoms with E-state index in [4.69, 9.17) is 4.52 Å². The third-order valence-electron chi connectivity index (χ3n) is 5.47. The minimum atomic E-state index is -0.364. The maximum absolute atomic E-state index is 13.2. The molecular formula is C23H21N7O3. The molecule has 1 N–H and O–H groups in total. The minimum absolute atomic E-state index is 0.0874. The summed E-state index contributed by atoms with van der Waals surface area (Å²) < 4.78 is 6.87. The van der Waals surface area contributed by atoms with Crippen LogP contribution in [0.25, 0.3) is 23.0 Å². The van der Waals surface area contributed by atoms with E-state index in [2.05, 4.69) is 25.8 Å². The van der Waals surface area contributed by atoms with Gasteiger partial charge in [-0.3, -0.25) is 9.59 Å². The van der Waals surface area contributed by atoms with E-state index >= 15 is 0 Å². The predicted octanol–water partition coefficient (Wildman–Crippen LogP) is 2.71. The van der Waals surface area contributed by atoms with Crippen LogP contribution in [0, 0.1) is 13.8 Å². The molecule has 10 nitrogen and oxygen atoms in total. The summed E-state index contributed by atoms with van der Waals surface area (Å²) in [7, 11) is 0. The quantitative estimate of drug-likeness (QED) is 0.504. The van der Waals surface area contributed by atoms with Crippen LogP contribution in [-0.4, -0.2) is 54.9 Å². The van der Waals surface area contributed by atoms with Crippen molar-refractivity contribution >= 4 is 17.5 Å². The van der Waals surface area contributed by atoms with Gasteiger partial charge in [0.1, 0.15) is 6.54 Å². The molecule has 3 heterocycles. The third kappa shape index (κ3) is 3.98. The van der Waals surface area contributed by atoms with Crippen molar-refractivity contribution in [1.82, 2.24) is 30.0 Å². The molecule has 5 rings (SSSR count). The van der Waals surface area contributed by atoms with E-state index in [-0.39, 0.29) is 35.6 Å². The van der Waals surface area contributed by atoms with Gasteiger partial charge in [0.05, 0.1) is 6.54 Å². The van der Waals surface area contributed by atoms with Crippen molar-refractivity contribution in [2.45, 2.75) is 20.4 Å². The van der Waals surface area contributed by atoms with Gasteiger partial charge in [-0.2, -0.15) is 4.98 Å². The van der Waals surface area contributed by atoms with Crippen LogP contribution in [0.15, 0.2) is 53.1 Å². The predicted molar refractivity (Wildman–Crippen MR) is 119 cm³/mol. The summed E-state index contributed by atoms with van der Waals surface area (Å²) in [6, 6.07) is 15.2. The van der Waals surface area contributed by atoms with Crippen molar-refractivity contribution in [2.75, 3.05) is 18.4 Å². The van der Waals surface area contributed by atoms with Gasteiger partial charge in [-0.1, -0.05) is 52.8 Å². The largest absolute Gasteiger partial charge is 0.332 e. The van der Waals surface area contributed by atoms with Crippen LogP contribution in [0.3, 0.4) is 0 Å². The van der Waals surface area contributed by atoms with Gasteiger partial charge in [-0.05, 0) is 31.0 Å². The normalized spacial score (nSPS) is 13.2. The molecule has 0 fully saturated rings. The van der Waals surface area contributed by atoms with Crippen LogP contribution in [-0.2, 0) is 11.3 Å². The van der Waals surface area contributed by atoms with Crippen molar-refractivity contribution in [3.8, 4) is 23.0 Å². The third-order valence-corrected chi connectivity index (χ3v) is 5.47. The molecule has 166 valence electrons. The molecule has 0 saturated carbocycles. The molecule has 33 heavy (non-hydrogen) atoms. The van der Waals surface area contributed by atoms with E-state index in [1.165, 1.54) is 9.58 Å². The number of carbonyl (C=O) groups excluding carboxylic acids is 2. The van der Waals surface area contributed by atoms with Crippen molar-refractivity contribution in [3.05, 3.63) is 65.4 Å². The molecule has 0 atom stereocenters. The summed E-state index contributed by atoms with van der Waals surface area (Å²) in [5, 5.41) is 15.0. The zero-order chi connectivity index (χ0) is 22.9. The average Bonchev–Trinajstić information content (AvgIpc) is 3.46. The van der Waals surface area contributed by atoms with Gasteiger partial charge in [0, 0.05) is 17.8 Å². The molecule has 4 aromatic rings. The van der Waals surface area contributed by atoms with Gasteiger partial charge in [-0.15, -0.1) is 5.10 Å². The number of hydrogen-bond donors (Lipinski definition) is 1. The van der Waals surface area contributed by atoms with E-state index in [0.29, 0.717) is 18.9 Å². The average molecular weight is 443 g/mol. The van der Waals surface area contributed by atoms with Crippen LogP contribution in [0.5, 0.6) is 0 Å². The first kappa shape index (κ1) is 20.6. The highest BCUT2D eigenvalue weighted by atomic mass is 16.5. The van der Waals surface area contributed by atoms with E-state index in [9.17, 15) is 9.59 Å². The number of aryl methyl sites for hydroxylation is 2. The monoisotopic (exact) mass is 443 g/mol. The molecule has 0 bridgehead atoms. The number of fused-ring (bicyclic) bond motifs is 1. The first-order chi connectivity index (χ1) is 16.0. The van der Waals surface area contributed by atoms with E-state index in [1.54, 1.807) is 0 Å². The first-order valence-corrected chi connectivity index (χ1v) is 10.5. The molecule has 2 amide bonds. The number of anilines is 1. The van der Waals surface area contributed by atoms with E-state index in [1.807, 2.05) is 62.4 Å². The fourth-order valence-corrected chi connectivity index (χ4v) is 3.70. The Morgan fingerprint density at radius 1 is 1.12 bits per heavy atom. The highest BCUT2D eigenvalue weighted by Crippen LogP contribution is 2.26. The molecule has 1 aliphatic rings. The molecule has 0 unspecified atom stereocenters. The molecule has 2 aromatic heterocycles. The van der Waals surface area contributed by atoms with Gasteiger partial charge in [-0.25, -0.2) is 4.68 Å². The second-order valence-corrected chi connectivity index (χ2v) is 7.89. The lowest BCUT2D eigenvalue weighted by atomic mass is 10.1. The standard InChI is InChI=1S/C23H21N7O3/c1-14-8-9-15(2)17(12-14)24-18(31)13-29-10-11-30-20(23(29)32)19(26-28-30)22-25-21(27-33-22)16-6-4-3-5-7-16/h3-9,12H,10-11,13H2,1-2H3,(H,24,31). The molecule has 0 radical (unpaired) electrons. The lowest BCUT2D eigenvalue weighted by molar-refractivity contribution is -0.117. The van der Waals surface area contributed by atoms with Crippen molar-refractivity contribution in [2.24, 2.45) is 0 Å². The molecule has 0 spiro atoms. The van der Waals surface area contributed by atoms with Crippen molar-refractivity contribution in [1.29, 1.82) is 0 Å². The fourth-order valence-electron chi connectivity index (χ4n) is 3.70. The zero-order valence-corrected chi connectivity index (χ0v) is 18.1. The van der Waals surface area contributed by atoms with Crippen LogP contribution in [0.4, 0.5) is 5.69 Å². The second-order valence-electron chi connectivity index (χ2n) is 7.89. The number of nitrogens with zero attached hydrogens (tertiary/aromatic N) is 6. The molecule has 10 heteroatoms. The van der Waals surface area contributed by atoms with Gasteiger partial charge in [0.15, 0.2) is 11.4 Å². The second kappa shape index (κ2) is 8.30. The van der Waals surface area contributed by atoms with Crippen LogP contribution in [0.1, 0.15) is 21.6 Å². The molecule has 2 aromatic carbocycles. The molecular weight excluding hydrogens is 422 g/mol. The summed E-state index contributed by atoms with van der Waals surface area (Å²) in [5.41, 5.74) is 3.94. The van der Waals surface area contributed by atoms with Crippen LogP contribution >= 0.6 is 0 Å². The number of benzene rings is 2. The van der Waals surface area contributed by atoms with E-state index in [0.717, 1.165) is 22.4 Å². The summed E-state index contributed by atoms with van der Waals surface area (Å²) in [6.45, 7) is 4.54. The Labute approximate surface area is 189 Å². The topological polar surface area (TPSA) is 119 Å². The number of rotatable bonds is 5. The van der Waals surface area contributed by atoms with Gasteiger partial charge in [0.2, 0.25) is 11.7 Å². The van der Waals surface area contributed by atoms with Crippen molar-refractivity contribution < 1.29 is 14.1 Å². The summed E-state index contributed by atoms with van der Waals surface area (Å²) in [5.74, 6) is -0.147. The Morgan fingerprint density at radius 2 is 1.94 bits per heavy atom. The fraction of sp³-hybridized carbons (Fsp3) is 0.217. The summed E-state index contributed by atoms with van der Waals surface area (Å²) in [4.78, 5) is 31.7.